The van der Waals surface area contributed by atoms with Crippen LogP contribution >= 0.6 is 0 Å². The number of halogens is 3. The molecular weight excluding hydrogens is 421 g/mol. The average Bonchev–Trinajstić information content (AvgIpc) is 3.26. The molecule has 0 aliphatic heterocycles. The van der Waals surface area contributed by atoms with Crippen LogP contribution in [0.2, 0.25) is 0 Å². The van der Waals surface area contributed by atoms with E-state index in [1.54, 1.807) is 37.1 Å². The van der Waals surface area contributed by atoms with Gasteiger partial charge in [-0.1, -0.05) is 36.4 Å². The summed E-state index contributed by atoms with van der Waals surface area (Å²) in [5, 5.41) is 10.4. The van der Waals surface area contributed by atoms with Gasteiger partial charge in [0.15, 0.2) is 12.6 Å². The van der Waals surface area contributed by atoms with Gasteiger partial charge in [-0.15, -0.1) is 0 Å². The van der Waals surface area contributed by atoms with Crippen LogP contribution < -0.4 is 15.4 Å². The minimum atomic E-state index is -4.39. The van der Waals surface area contributed by atoms with Crippen molar-refractivity contribution >= 4 is 5.96 Å². The van der Waals surface area contributed by atoms with Crippen LogP contribution in [0.25, 0.3) is 0 Å². The molecule has 0 aliphatic rings. The number of alkyl halides is 3. The molecule has 10 heteroatoms. The lowest BCUT2D eigenvalue weighted by molar-refractivity contribution is -0.153. The number of hydrogen-bond acceptors (Lipinski definition) is 4. The van der Waals surface area contributed by atoms with Crippen molar-refractivity contribution in [3.63, 3.8) is 0 Å². The Bertz CT molecular complexity index is 1030. The summed E-state index contributed by atoms with van der Waals surface area (Å²) < 4.78 is 44.4. The SMILES string of the molecule is CN=C(NCc1cccc(Cn2cncn2)c1)NCc1ccc(C)cc1OCC(F)(F)F. The fourth-order valence-electron chi connectivity index (χ4n) is 3.03. The molecular formula is C22H25F3N6O. The van der Waals surface area contributed by atoms with Gasteiger partial charge in [0.05, 0.1) is 6.54 Å². The van der Waals surface area contributed by atoms with E-state index in [2.05, 4.69) is 31.8 Å². The lowest BCUT2D eigenvalue weighted by Crippen LogP contribution is -2.36. The Hall–Kier alpha value is -3.56. The smallest absolute Gasteiger partial charge is 0.422 e. The Morgan fingerprint density at radius 2 is 1.88 bits per heavy atom. The summed E-state index contributed by atoms with van der Waals surface area (Å²) in [5.74, 6) is 0.722. The molecule has 0 fully saturated rings. The first-order valence-corrected chi connectivity index (χ1v) is 9.96. The molecule has 1 aromatic heterocycles. The molecule has 3 aromatic rings. The molecule has 32 heavy (non-hydrogen) atoms. The first-order valence-electron chi connectivity index (χ1n) is 9.96. The van der Waals surface area contributed by atoms with Crippen molar-refractivity contribution in [1.82, 2.24) is 25.4 Å². The van der Waals surface area contributed by atoms with Crippen LogP contribution in [0.3, 0.4) is 0 Å². The zero-order chi connectivity index (χ0) is 23.0. The number of guanidine groups is 1. The minimum Gasteiger partial charge on any atom is -0.484 e. The number of benzene rings is 2. The molecule has 170 valence electrons. The molecule has 0 unspecified atom stereocenters. The quantitative estimate of drug-likeness (QED) is 0.410. The molecule has 0 amide bonds. The zero-order valence-corrected chi connectivity index (χ0v) is 17.9. The maximum absolute atomic E-state index is 12.6. The van der Waals surface area contributed by atoms with Gasteiger partial charge < -0.3 is 15.4 Å². The van der Waals surface area contributed by atoms with Gasteiger partial charge in [-0.25, -0.2) is 9.67 Å². The van der Waals surface area contributed by atoms with Crippen molar-refractivity contribution in [1.29, 1.82) is 0 Å². The van der Waals surface area contributed by atoms with Gasteiger partial charge in [-0.3, -0.25) is 4.99 Å². The number of aryl methyl sites for hydroxylation is 1. The molecule has 0 saturated carbocycles. The highest BCUT2D eigenvalue weighted by atomic mass is 19.4. The third-order valence-electron chi connectivity index (χ3n) is 4.55. The highest BCUT2D eigenvalue weighted by molar-refractivity contribution is 5.79. The molecule has 0 spiro atoms. The van der Waals surface area contributed by atoms with E-state index in [4.69, 9.17) is 4.74 Å². The topological polar surface area (TPSA) is 76.4 Å². The maximum Gasteiger partial charge on any atom is 0.422 e. The van der Waals surface area contributed by atoms with E-state index in [1.807, 2.05) is 24.3 Å². The Kier molecular flexibility index (Phi) is 7.69. The van der Waals surface area contributed by atoms with E-state index in [1.165, 1.54) is 6.33 Å². The second-order valence-electron chi connectivity index (χ2n) is 7.21. The second kappa shape index (κ2) is 10.7. The van der Waals surface area contributed by atoms with Crippen LogP contribution in [0, 0.1) is 6.92 Å². The normalized spacial score (nSPS) is 12.0. The molecule has 0 atom stereocenters. The highest BCUT2D eigenvalue weighted by Crippen LogP contribution is 2.23. The number of nitrogens with zero attached hydrogens (tertiary/aromatic N) is 4. The summed E-state index contributed by atoms with van der Waals surface area (Å²) in [7, 11) is 1.63. The van der Waals surface area contributed by atoms with E-state index < -0.39 is 12.8 Å². The number of ether oxygens (including phenoxy) is 1. The van der Waals surface area contributed by atoms with Gasteiger partial charge in [0.1, 0.15) is 18.4 Å². The number of aromatic nitrogens is 3. The predicted molar refractivity (Wildman–Crippen MR) is 115 cm³/mol. The van der Waals surface area contributed by atoms with Crippen molar-refractivity contribution < 1.29 is 17.9 Å². The van der Waals surface area contributed by atoms with Crippen molar-refractivity contribution in [2.24, 2.45) is 4.99 Å². The minimum absolute atomic E-state index is 0.200. The Labute approximate surface area is 184 Å². The number of nitrogens with one attached hydrogen (secondary N) is 2. The molecule has 0 radical (unpaired) electrons. The van der Waals surface area contributed by atoms with E-state index in [0.29, 0.717) is 24.6 Å². The van der Waals surface area contributed by atoms with Crippen molar-refractivity contribution in [3.8, 4) is 5.75 Å². The van der Waals surface area contributed by atoms with E-state index in [0.717, 1.165) is 16.7 Å². The Morgan fingerprint density at radius 3 is 2.59 bits per heavy atom. The summed E-state index contributed by atoms with van der Waals surface area (Å²) in [6, 6.07) is 13.2. The largest absolute Gasteiger partial charge is 0.484 e. The molecule has 0 aliphatic carbocycles. The lowest BCUT2D eigenvalue weighted by Gasteiger charge is -2.16. The van der Waals surface area contributed by atoms with Crippen LogP contribution in [0.15, 0.2) is 60.1 Å². The maximum atomic E-state index is 12.6. The monoisotopic (exact) mass is 446 g/mol. The van der Waals surface area contributed by atoms with Crippen LogP contribution in [0.1, 0.15) is 22.3 Å². The van der Waals surface area contributed by atoms with E-state index in [9.17, 15) is 13.2 Å². The Morgan fingerprint density at radius 1 is 1.09 bits per heavy atom. The van der Waals surface area contributed by atoms with Gasteiger partial charge in [0.2, 0.25) is 0 Å². The molecule has 0 saturated heterocycles. The molecule has 3 rings (SSSR count). The summed E-state index contributed by atoms with van der Waals surface area (Å²) in [6.45, 7) is 1.88. The third-order valence-corrected chi connectivity index (χ3v) is 4.55. The van der Waals surface area contributed by atoms with Gasteiger partial charge in [-0.05, 0) is 29.7 Å². The average molecular weight is 446 g/mol. The second-order valence-corrected chi connectivity index (χ2v) is 7.21. The summed E-state index contributed by atoms with van der Waals surface area (Å²) in [4.78, 5) is 8.13. The number of rotatable bonds is 8. The number of aliphatic imine (C=N–C) groups is 1. The standard InChI is InChI=1S/C22H25F3N6O/c1-16-6-7-19(20(8-16)32-13-22(23,24)25)11-29-21(26-2)28-10-17-4-3-5-18(9-17)12-31-15-27-14-30-31/h3-9,14-15H,10-13H2,1-2H3,(H2,26,28,29). The van der Waals surface area contributed by atoms with Gasteiger partial charge in [0, 0.05) is 25.7 Å². The lowest BCUT2D eigenvalue weighted by atomic mass is 10.1. The zero-order valence-electron chi connectivity index (χ0n) is 17.9. The van der Waals surface area contributed by atoms with E-state index >= 15 is 0 Å². The van der Waals surface area contributed by atoms with Gasteiger partial charge in [0.25, 0.3) is 0 Å². The Balaban J connectivity index is 1.57. The molecule has 7 nitrogen and oxygen atoms in total. The summed E-state index contributed by atoms with van der Waals surface area (Å²) >= 11 is 0. The van der Waals surface area contributed by atoms with Crippen LogP contribution in [0.4, 0.5) is 13.2 Å². The molecule has 0 bridgehead atoms. The summed E-state index contributed by atoms with van der Waals surface area (Å²) in [6.07, 6.45) is -1.24. The van der Waals surface area contributed by atoms with Crippen LogP contribution in [-0.4, -0.2) is 40.6 Å². The van der Waals surface area contributed by atoms with Gasteiger partial charge in [-0.2, -0.15) is 18.3 Å². The molecule has 1 heterocycles. The first-order chi connectivity index (χ1) is 15.3. The fraction of sp³-hybridized carbons (Fsp3) is 0.318. The molecule has 2 aromatic carbocycles. The van der Waals surface area contributed by atoms with Gasteiger partial charge >= 0.3 is 6.18 Å². The van der Waals surface area contributed by atoms with E-state index in [-0.39, 0.29) is 12.3 Å². The van der Waals surface area contributed by atoms with Crippen molar-refractivity contribution in [2.75, 3.05) is 13.7 Å². The third kappa shape index (κ3) is 7.29. The summed E-state index contributed by atoms with van der Waals surface area (Å²) in [5.41, 5.74) is 3.57. The van der Waals surface area contributed by atoms with Crippen molar-refractivity contribution in [3.05, 3.63) is 77.4 Å². The van der Waals surface area contributed by atoms with Crippen LogP contribution in [0.5, 0.6) is 5.75 Å². The highest BCUT2D eigenvalue weighted by Gasteiger charge is 2.28. The fourth-order valence-corrected chi connectivity index (χ4v) is 3.03. The van der Waals surface area contributed by atoms with Crippen LogP contribution in [-0.2, 0) is 19.6 Å². The van der Waals surface area contributed by atoms with Crippen molar-refractivity contribution in [2.45, 2.75) is 32.7 Å². The first kappa shape index (κ1) is 23.1. The number of hydrogen-bond donors (Lipinski definition) is 2. The predicted octanol–water partition coefficient (Wildman–Crippen LogP) is 3.44. The molecule has 2 N–H and O–H groups in total.